The van der Waals surface area contributed by atoms with Gasteiger partial charge in [-0.1, -0.05) is 42.1 Å². The smallest absolute Gasteiger partial charge is 0.166 e. The van der Waals surface area contributed by atoms with Crippen LogP contribution in [0.4, 0.5) is 0 Å². The molecule has 2 rings (SSSR count). The highest BCUT2D eigenvalue weighted by Crippen LogP contribution is 2.20. The summed E-state index contributed by atoms with van der Waals surface area (Å²) in [6.07, 6.45) is 0. The van der Waals surface area contributed by atoms with Crippen molar-refractivity contribution in [3.05, 3.63) is 47.3 Å². The lowest BCUT2D eigenvalue weighted by Gasteiger charge is -1.97. The molecule has 0 amide bonds. The fourth-order valence-corrected chi connectivity index (χ4v) is 2.23. The van der Waals surface area contributed by atoms with Crippen molar-refractivity contribution in [2.45, 2.75) is 24.8 Å². The number of thioether (sulfide) groups is 1. The van der Waals surface area contributed by atoms with Gasteiger partial charge in [-0.2, -0.15) is 0 Å². The Morgan fingerprint density at radius 1 is 1.19 bits per heavy atom. The molecule has 2 nitrogen and oxygen atoms in total. The number of rotatable bonds is 3. The van der Waals surface area contributed by atoms with Crippen molar-refractivity contribution in [2.75, 3.05) is 0 Å². The molecule has 0 aliphatic rings. The summed E-state index contributed by atoms with van der Waals surface area (Å²) in [6, 6.07) is 10.4. The first-order chi connectivity index (χ1) is 7.25. The minimum absolute atomic E-state index is 0. The molecule has 0 spiro atoms. The zero-order valence-electron chi connectivity index (χ0n) is 9.36. The third kappa shape index (κ3) is 3.29. The molecule has 4 heteroatoms. The van der Waals surface area contributed by atoms with Crippen molar-refractivity contribution in [1.29, 1.82) is 0 Å². The van der Waals surface area contributed by atoms with E-state index in [1.165, 1.54) is 5.56 Å². The van der Waals surface area contributed by atoms with Crippen LogP contribution in [0.15, 0.2) is 35.5 Å². The van der Waals surface area contributed by atoms with Gasteiger partial charge >= 0.3 is 0 Å². The quantitative estimate of drug-likeness (QED) is 0.846. The molecule has 0 bridgehead atoms. The van der Waals surface area contributed by atoms with Gasteiger partial charge in [0, 0.05) is 11.4 Å². The topological polar surface area (TPSA) is 28.7 Å². The lowest BCUT2D eigenvalue weighted by atomic mass is 10.2. The summed E-state index contributed by atoms with van der Waals surface area (Å²) in [7, 11) is 0. The SMILES string of the molecule is Cc1nc(SCc2ccccc2)[nH]c1C.Cl. The predicted octanol–water partition coefficient (Wildman–Crippen LogP) is 3.74. The van der Waals surface area contributed by atoms with E-state index in [-0.39, 0.29) is 12.4 Å². The lowest BCUT2D eigenvalue weighted by molar-refractivity contribution is 1.03. The van der Waals surface area contributed by atoms with Crippen molar-refractivity contribution < 1.29 is 0 Å². The largest absolute Gasteiger partial charge is 0.337 e. The van der Waals surface area contributed by atoms with E-state index >= 15 is 0 Å². The van der Waals surface area contributed by atoms with E-state index in [0.29, 0.717) is 0 Å². The maximum atomic E-state index is 4.43. The summed E-state index contributed by atoms with van der Waals surface area (Å²) in [5.74, 6) is 0.966. The molecule has 0 aliphatic carbocycles. The van der Waals surface area contributed by atoms with Gasteiger partial charge in [-0.25, -0.2) is 4.98 Å². The standard InChI is InChI=1S/C12H14N2S.ClH/c1-9-10(2)14-12(13-9)15-8-11-6-4-3-5-7-11;/h3-7H,8H2,1-2H3,(H,13,14);1H. The molecule has 1 heterocycles. The van der Waals surface area contributed by atoms with Crippen LogP contribution >= 0.6 is 24.2 Å². The Balaban J connectivity index is 0.00000128. The monoisotopic (exact) mass is 254 g/mol. The van der Waals surface area contributed by atoms with E-state index in [0.717, 1.165) is 22.3 Å². The number of aromatic amines is 1. The van der Waals surface area contributed by atoms with Crippen LogP contribution in [0.1, 0.15) is 17.0 Å². The molecule has 0 unspecified atom stereocenters. The number of aryl methyl sites for hydroxylation is 2. The van der Waals surface area contributed by atoms with Crippen LogP contribution in [-0.2, 0) is 5.75 Å². The summed E-state index contributed by atoms with van der Waals surface area (Å²) >= 11 is 1.74. The average molecular weight is 255 g/mol. The molecule has 0 aliphatic heterocycles. The van der Waals surface area contributed by atoms with Crippen LogP contribution in [0.25, 0.3) is 0 Å². The zero-order chi connectivity index (χ0) is 10.7. The van der Waals surface area contributed by atoms with Gasteiger partial charge in [0.2, 0.25) is 0 Å². The lowest BCUT2D eigenvalue weighted by Crippen LogP contribution is -1.80. The molecular weight excluding hydrogens is 240 g/mol. The second kappa shape index (κ2) is 5.97. The molecule has 0 atom stereocenters. The number of hydrogen-bond donors (Lipinski definition) is 1. The van der Waals surface area contributed by atoms with E-state index in [1.807, 2.05) is 13.0 Å². The number of nitrogens with one attached hydrogen (secondary N) is 1. The number of halogens is 1. The van der Waals surface area contributed by atoms with Crippen molar-refractivity contribution in [3.8, 4) is 0 Å². The number of benzene rings is 1. The number of hydrogen-bond acceptors (Lipinski definition) is 2. The Labute approximate surface area is 106 Å². The van der Waals surface area contributed by atoms with Crippen molar-refractivity contribution in [2.24, 2.45) is 0 Å². The van der Waals surface area contributed by atoms with Crippen LogP contribution < -0.4 is 0 Å². The summed E-state index contributed by atoms with van der Waals surface area (Å²) in [5, 5.41) is 1.01. The van der Waals surface area contributed by atoms with Gasteiger partial charge < -0.3 is 4.98 Å². The molecule has 1 aromatic heterocycles. The van der Waals surface area contributed by atoms with Crippen LogP contribution in [-0.4, -0.2) is 9.97 Å². The number of nitrogens with zero attached hydrogens (tertiary/aromatic N) is 1. The van der Waals surface area contributed by atoms with Crippen LogP contribution in [0.5, 0.6) is 0 Å². The van der Waals surface area contributed by atoms with Gasteiger partial charge in [-0.05, 0) is 19.4 Å². The maximum absolute atomic E-state index is 4.43. The Morgan fingerprint density at radius 3 is 2.44 bits per heavy atom. The van der Waals surface area contributed by atoms with Crippen molar-refractivity contribution in [3.63, 3.8) is 0 Å². The summed E-state index contributed by atoms with van der Waals surface area (Å²) in [4.78, 5) is 7.70. The molecule has 86 valence electrons. The molecule has 0 saturated heterocycles. The summed E-state index contributed by atoms with van der Waals surface area (Å²) in [6.45, 7) is 4.08. The third-order valence-electron chi connectivity index (χ3n) is 2.32. The molecule has 0 saturated carbocycles. The number of H-pyrrole nitrogens is 1. The fraction of sp³-hybridized carbons (Fsp3) is 0.250. The van der Waals surface area contributed by atoms with Gasteiger partial charge in [0.05, 0.1) is 5.69 Å². The Hall–Kier alpha value is -0.930. The van der Waals surface area contributed by atoms with Crippen LogP contribution in [0, 0.1) is 13.8 Å². The normalized spacial score (nSPS) is 9.88. The van der Waals surface area contributed by atoms with Gasteiger partial charge in [0.25, 0.3) is 0 Å². The molecule has 1 aromatic carbocycles. The van der Waals surface area contributed by atoms with Gasteiger partial charge in [-0.15, -0.1) is 12.4 Å². The predicted molar refractivity (Wildman–Crippen MR) is 71.3 cm³/mol. The van der Waals surface area contributed by atoms with Crippen LogP contribution in [0.2, 0.25) is 0 Å². The minimum atomic E-state index is 0. The van der Waals surface area contributed by atoms with Crippen molar-refractivity contribution in [1.82, 2.24) is 9.97 Å². The average Bonchev–Trinajstić information content (AvgIpc) is 2.57. The van der Waals surface area contributed by atoms with Gasteiger partial charge in [-0.3, -0.25) is 0 Å². The summed E-state index contributed by atoms with van der Waals surface area (Å²) in [5.41, 5.74) is 3.57. The Kier molecular flexibility index (Phi) is 4.90. The first-order valence-electron chi connectivity index (χ1n) is 4.95. The van der Waals surface area contributed by atoms with E-state index < -0.39 is 0 Å². The minimum Gasteiger partial charge on any atom is -0.337 e. The highest BCUT2D eigenvalue weighted by Gasteiger charge is 2.02. The van der Waals surface area contributed by atoms with Crippen LogP contribution in [0.3, 0.4) is 0 Å². The maximum Gasteiger partial charge on any atom is 0.166 e. The molecular formula is C12H15ClN2S. The Bertz CT molecular complexity index is 420. The van der Waals surface area contributed by atoms with E-state index in [2.05, 4.69) is 41.2 Å². The highest BCUT2D eigenvalue weighted by molar-refractivity contribution is 7.98. The molecule has 0 fully saturated rings. The molecule has 1 N–H and O–H groups in total. The molecule has 0 radical (unpaired) electrons. The number of aromatic nitrogens is 2. The van der Waals surface area contributed by atoms with Gasteiger partial charge in [0.15, 0.2) is 5.16 Å². The second-order valence-corrected chi connectivity index (χ2v) is 4.49. The van der Waals surface area contributed by atoms with E-state index in [1.54, 1.807) is 11.8 Å². The first kappa shape index (κ1) is 13.1. The van der Waals surface area contributed by atoms with E-state index in [9.17, 15) is 0 Å². The highest BCUT2D eigenvalue weighted by atomic mass is 35.5. The number of imidazole rings is 1. The Morgan fingerprint density at radius 2 is 1.88 bits per heavy atom. The van der Waals surface area contributed by atoms with E-state index in [4.69, 9.17) is 0 Å². The zero-order valence-corrected chi connectivity index (χ0v) is 11.0. The fourth-order valence-electron chi connectivity index (χ4n) is 1.31. The summed E-state index contributed by atoms with van der Waals surface area (Å²) < 4.78 is 0. The van der Waals surface area contributed by atoms with Gasteiger partial charge in [0.1, 0.15) is 0 Å². The van der Waals surface area contributed by atoms with Crippen molar-refractivity contribution >= 4 is 24.2 Å². The third-order valence-corrected chi connectivity index (χ3v) is 3.27. The second-order valence-electron chi connectivity index (χ2n) is 3.53. The first-order valence-corrected chi connectivity index (χ1v) is 5.94. The molecule has 16 heavy (non-hydrogen) atoms. The molecule has 2 aromatic rings.